The lowest BCUT2D eigenvalue weighted by Gasteiger charge is -2.23. The van der Waals surface area contributed by atoms with Crippen molar-refractivity contribution in [3.8, 4) is 0 Å². The first-order chi connectivity index (χ1) is 9.81. The van der Waals surface area contributed by atoms with Crippen LogP contribution in [0.4, 0.5) is 0 Å². The summed E-state index contributed by atoms with van der Waals surface area (Å²) in [7, 11) is 0. The average molecular weight is 302 g/mol. The smallest absolute Gasteiger partial charge is 0.337 e. The van der Waals surface area contributed by atoms with Crippen LogP contribution in [0, 0.1) is 0 Å². The van der Waals surface area contributed by atoms with Crippen molar-refractivity contribution in [1.29, 1.82) is 0 Å². The Morgan fingerprint density at radius 2 is 1.19 bits per heavy atom. The highest BCUT2D eigenvalue weighted by Gasteiger charge is 2.24. The molecule has 0 saturated carbocycles. The van der Waals surface area contributed by atoms with Gasteiger partial charge in [-0.25, -0.2) is 9.59 Å². The highest BCUT2D eigenvalue weighted by molar-refractivity contribution is 5.87. The molecule has 0 saturated heterocycles. The van der Waals surface area contributed by atoms with E-state index in [1.165, 1.54) is 13.8 Å². The minimum atomic E-state index is -1.38. The molecule has 0 aromatic rings. The maximum atomic E-state index is 11.5. The fourth-order valence-electron chi connectivity index (χ4n) is 0.941. The molecule has 7 heteroatoms. The molecule has 2 atom stereocenters. The summed E-state index contributed by atoms with van der Waals surface area (Å²) < 4.78 is 25.1. The third-order valence-electron chi connectivity index (χ3n) is 1.93. The molecule has 0 aliphatic heterocycles. The number of hydrogen-bond donors (Lipinski definition) is 0. The van der Waals surface area contributed by atoms with Gasteiger partial charge in [0.15, 0.2) is 0 Å². The van der Waals surface area contributed by atoms with Gasteiger partial charge in [0.1, 0.15) is 0 Å². The minimum Gasteiger partial charge on any atom is -0.407 e. The van der Waals surface area contributed by atoms with E-state index in [2.05, 4.69) is 13.2 Å². The van der Waals surface area contributed by atoms with E-state index in [9.17, 15) is 9.59 Å². The van der Waals surface area contributed by atoms with Crippen molar-refractivity contribution in [3.63, 3.8) is 0 Å². The summed E-state index contributed by atoms with van der Waals surface area (Å²) in [6.45, 7) is 10.9. The van der Waals surface area contributed by atoms with E-state index < -0.39 is 24.9 Å². The maximum Gasteiger partial charge on any atom is 0.337 e. The van der Waals surface area contributed by atoms with Gasteiger partial charge in [0.25, 0.3) is 0 Å². The van der Waals surface area contributed by atoms with Crippen molar-refractivity contribution in [2.45, 2.75) is 40.6 Å². The Morgan fingerprint density at radius 1 is 0.857 bits per heavy atom. The lowest BCUT2D eigenvalue weighted by molar-refractivity contribution is -0.376. The summed E-state index contributed by atoms with van der Waals surface area (Å²) in [5.74, 6) is -1.40. The summed E-state index contributed by atoms with van der Waals surface area (Å²) in [6, 6.07) is 0. The molecule has 0 N–H and O–H groups in total. The monoisotopic (exact) mass is 302 g/mol. The van der Waals surface area contributed by atoms with Gasteiger partial charge in [-0.1, -0.05) is 13.2 Å². The van der Waals surface area contributed by atoms with Crippen molar-refractivity contribution in [1.82, 2.24) is 0 Å². The Hall–Kier alpha value is -1.70. The molecule has 0 heterocycles. The van der Waals surface area contributed by atoms with Crippen molar-refractivity contribution in [2.24, 2.45) is 0 Å². The molecule has 7 nitrogen and oxygen atoms in total. The molecule has 0 rings (SSSR count). The zero-order valence-electron chi connectivity index (χ0n) is 12.8. The molecule has 2 unspecified atom stereocenters. The standard InChI is InChI=1S/C14H22O7/c1-7-17-13(19-11(15)9(3)4)21-14(18-8-2)20-12(16)10(5)6/h13-14H,3,5,7-8H2,1-2,4,6H3. The van der Waals surface area contributed by atoms with Gasteiger partial charge in [-0.2, -0.15) is 0 Å². The minimum absolute atomic E-state index is 0.176. The van der Waals surface area contributed by atoms with Gasteiger partial charge in [0.05, 0.1) is 13.2 Å². The maximum absolute atomic E-state index is 11.5. The predicted molar refractivity (Wildman–Crippen MR) is 73.7 cm³/mol. The number of carbonyl (C=O) groups excluding carboxylic acids is 2. The van der Waals surface area contributed by atoms with E-state index in [1.54, 1.807) is 13.8 Å². The first-order valence-corrected chi connectivity index (χ1v) is 6.43. The van der Waals surface area contributed by atoms with Gasteiger partial charge in [-0.05, 0) is 27.7 Å². The summed E-state index contributed by atoms with van der Waals surface area (Å²) in [5, 5.41) is 0. The molecule has 0 fully saturated rings. The van der Waals surface area contributed by atoms with Crippen LogP contribution in [0.2, 0.25) is 0 Å². The van der Waals surface area contributed by atoms with Crippen LogP contribution in [0.3, 0.4) is 0 Å². The Kier molecular flexibility index (Phi) is 9.27. The Bertz CT molecular complexity index is 353. The molecule has 0 aromatic heterocycles. The lowest BCUT2D eigenvalue weighted by Crippen LogP contribution is -2.34. The van der Waals surface area contributed by atoms with Crippen LogP contribution in [0.15, 0.2) is 24.3 Å². The number of carbonyl (C=O) groups is 2. The molecular formula is C14H22O7. The largest absolute Gasteiger partial charge is 0.407 e. The topological polar surface area (TPSA) is 80.3 Å². The summed E-state index contributed by atoms with van der Waals surface area (Å²) in [5.41, 5.74) is 0.352. The number of rotatable bonds is 10. The molecule has 0 radical (unpaired) electrons. The SMILES string of the molecule is C=C(C)C(=O)OC(OCC)OC(OCC)OC(=O)C(=C)C. The molecule has 0 aromatic carbocycles. The number of esters is 2. The second-order valence-corrected chi connectivity index (χ2v) is 4.00. The highest BCUT2D eigenvalue weighted by Crippen LogP contribution is 2.10. The lowest BCUT2D eigenvalue weighted by atomic mass is 10.4. The molecule has 21 heavy (non-hydrogen) atoms. The van der Waals surface area contributed by atoms with Crippen LogP contribution in [-0.4, -0.2) is 38.1 Å². The zero-order valence-corrected chi connectivity index (χ0v) is 12.8. The Balaban J connectivity index is 4.72. The first-order valence-electron chi connectivity index (χ1n) is 6.43. The van der Waals surface area contributed by atoms with Crippen LogP contribution < -0.4 is 0 Å². The van der Waals surface area contributed by atoms with Crippen LogP contribution in [-0.2, 0) is 33.3 Å². The normalized spacial score (nSPS) is 13.1. The van der Waals surface area contributed by atoms with Crippen molar-refractivity contribution < 1.29 is 33.3 Å². The summed E-state index contributed by atoms with van der Waals surface area (Å²) in [6.07, 6.45) is 0. The van der Waals surface area contributed by atoms with Gasteiger partial charge in [0, 0.05) is 11.1 Å². The summed E-state index contributed by atoms with van der Waals surface area (Å²) >= 11 is 0. The first kappa shape index (κ1) is 19.3. The van der Waals surface area contributed by atoms with Gasteiger partial charge in [-0.3, -0.25) is 4.74 Å². The number of hydrogen-bond acceptors (Lipinski definition) is 7. The Labute approximate surface area is 124 Å². The van der Waals surface area contributed by atoms with E-state index in [4.69, 9.17) is 23.7 Å². The molecule has 0 bridgehead atoms. The highest BCUT2D eigenvalue weighted by atomic mass is 16.9. The van der Waals surface area contributed by atoms with Gasteiger partial charge in [-0.15, -0.1) is 0 Å². The van der Waals surface area contributed by atoms with Gasteiger partial charge >= 0.3 is 24.9 Å². The van der Waals surface area contributed by atoms with Crippen LogP contribution >= 0.6 is 0 Å². The van der Waals surface area contributed by atoms with Crippen molar-refractivity contribution in [2.75, 3.05) is 13.2 Å². The van der Waals surface area contributed by atoms with Crippen LogP contribution in [0.1, 0.15) is 27.7 Å². The zero-order chi connectivity index (χ0) is 16.4. The fourth-order valence-corrected chi connectivity index (χ4v) is 0.941. The van der Waals surface area contributed by atoms with E-state index in [0.29, 0.717) is 0 Å². The Morgan fingerprint density at radius 3 is 1.43 bits per heavy atom. The van der Waals surface area contributed by atoms with Crippen molar-refractivity contribution >= 4 is 11.9 Å². The quantitative estimate of drug-likeness (QED) is 0.346. The second-order valence-electron chi connectivity index (χ2n) is 4.00. The third kappa shape index (κ3) is 8.23. The molecule has 0 aliphatic carbocycles. The predicted octanol–water partition coefficient (Wildman–Crippen LogP) is 1.88. The summed E-state index contributed by atoms with van der Waals surface area (Å²) in [4.78, 5) is 22.9. The molecular weight excluding hydrogens is 280 g/mol. The molecule has 120 valence electrons. The van der Waals surface area contributed by atoms with Gasteiger partial charge in [0.2, 0.25) is 0 Å². The van der Waals surface area contributed by atoms with Gasteiger partial charge < -0.3 is 18.9 Å². The molecule has 0 amide bonds. The number of ether oxygens (including phenoxy) is 5. The van der Waals surface area contributed by atoms with E-state index in [0.717, 1.165) is 0 Å². The van der Waals surface area contributed by atoms with E-state index in [-0.39, 0.29) is 24.4 Å². The molecule has 0 aliphatic rings. The van der Waals surface area contributed by atoms with E-state index in [1.807, 2.05) is 0 Å². The van der Waals surface area contributed by atoms with E-state index >= 15 is 0 Å². The van der Waals surface area contributed by atoms with Crippen LogP contribution in [0.25, 0.3) is 0 Å². The molecule has 0 spiro atoms. The van der Waals surface area contributed by atoms with Crippen LogP contribution in [0.5, 0.6) is 0 Å². The third-order valence-corrected chi connectivity index (χ3v) is 1.93. The van der Waals surface area contributed by atoms with Crippen molar-refractivity contribution in [3.05, 3.63) is 24.3 Å². The average Bonchev–Trinajstić information content (AvgIpc) is 2.38. The fraction of sp³-hybridized carbons (Fsp3) is 0.571. The second kappa shape index (κ2) is 10.1.